The normalized spacial score (nSPS) is 16.2. The molecule has 2 N–H and O–H groups in total. The first-order chi connectivity index (χ1) is 19.8. The van der Waals surface area contributed by atoms with Gasteiger partial charge in [0, 0.05) is 12.1 Å². The molecule has 1 aliphatic heterocycles. The Kier molecular flexibility index (Phi) is 10.9. The number of likely N-dealkylation sites (tertiary alicyclic amines) is 1. The lowest BCUT2D eigenvalue weighted by Gasteiger charge is -2.26. The number of alkyl carbamates (subject to hydrolysis) is 1. The van der Waals surface area contributed by atoms with Gasteiger partial charge < -0.3 is 24.0 Å². The number of carboxylic acid groups (broad SMARTS) is 1. The molecule has 42 heavy (non-hydrogen) atoms. The van der Waals surface area contributed by atoms with E-state index in [1.165, 1.54) is 17.0 Å². The lowest BCUT2D eigenvalue weighted by Crippen LogP contribution is -2.46. The number of aromatic nitrogens is 2. The van der Waals surface area contributed by atoms with E-state index in [9.17, 15) is 27.9 Å². The number of amides is 2. The maximum absolute atomic E-state index is 13.9. The van der Waals surface area contributed by atoms with Crippen molar-refractivity contribution in [1.82, 2.24) is 20.4 Å². The summed E-state index contributed by atoms with van der Waals surface area (Å²) in [6.45, 7) is 7.41. The topological polar surface area (TPSA) is 139 Å². The number of carbonyl (C=O) groups excluding carboxylic acids is 1. The van der Waals surface area contributed by atoms with Gasteiger partial charge in [0.05, 0.1) is 12.2 Å². The molecule has 0 spiro atoms. The Morgan fingerprint density at radius 1 is 1.24 bits per heavy atom. The Bertz CT molecular complexity index is 1290. The molecule has 1 saturated heterocycles. The molecule has 0 radical (unpaired) electrons. The van der Waals surface area contributed by atoms with Gasteiger partial charge in [-0.15, -0.1) is 4.99 Å². The van der Waals surface area contributed by atoms with Crippen molar-refractivity contribution in [2.75, 3.05) is 13.2 Å². The van der Waals surface area contributed by atoms with E-state index in [2.05, 4.69) is 27.4 Å². The Hall–Kier alpha value is -4.10. The zero-order chi connectivity index (χ0) is 30.9. The predicted molar refractivity (Wildman–Crippen MR) is 147 cm³/mol. The van der Waals surface area contributed by atoms with E-state index in [0.717, 1.165) is 25.3 Å². The molecule has 11 nitrogen and oxygen atoms in total. The second kappa shape index (κ2) is 14.2. The smallest absolute Gasteiger partial charge is 0.434 e. The molecule has 1 fully saturated rings. The van der Waals surface area contributed by atoms with Gasteiger partial charge in [0.2, 0.25) is 17.7 Å². The van der Waals surface area contributed by atoms with Crippen LogP contribution in [0.15, 0.2) is 39.9 Å². The standard InChI is InChI=1S/C28H36F3N5O6/c1-5-6-7-8-9-10-16-40-21-14-13-18(17-19(21)28(29,30)31)22-32-23(42-35-22)20-12-11-15-36(20)24(33-25(37)38)34-26(39)41-27(2,3)4/h8-9,13-14,17,20H,5-7,10-12,15-16H2,1-4H3,(H,37,38)(H,33,34,39). The molecule has 1 aromatic heterocycles. The van der Waals surface area contributed by atoms with Crippen LogP contribution in [-0.4, -0.2) is 57.0 Å². The van der Waals surface area contributed by atoms with E-state index in [0.29, 0.717) is 25.8 Å². The quantitative estimate of drug-likeness (QED) is 0.136. The van der Waals surface area contributed by atoms with E-state index in [1.54, 1.807) is 20.8 Å². The summed E-state index contributed by atoms with van der Waals surface area (Å²) in [7, 11) is 0. The van der Waals surface area contributed by atoms with Crippen molar-refractivity contribution in [3.8, 4) is 17.1 Å². The molecule has 2 aromatic rings. The number of carbonyl (C=O) groups is 2. The number of hydrogen-bond acceptors (Lipinski definition) is 7. The van der Waals surface area contributed by atoms with Crippen LogP contribution in [0.1, 0.15) is 83.7 Å². The monoisotopic (exact) mass is 595 g/mol. The first kappa shape index (κ1) is 32.4. The van der Waals surface area contributed by atoms with Gasteiger partial charge in [-0.2, -0.15) is 18.2 Å². The summed E-state index contributed by atoms with van der Waals surface area (Å²) in [4.78, 5) is 32.9. The molecule has 2 heterocycles. The highest BCUT2D eigenvalue weighted by Gasteiger charge is 2.37. The number of nitrogens with zero attached hydrogens (tertiary/aromatic N) is 4. The van der Waals surface area contributed by atoms with Crippen molar-refractivity contribution in [1.29, 1.82) is 0 Å². The van der Waals surface area contributed by atoms with Crippen LogP contribution >= 0.6 is 0 Å². The number of guanidine groups is 1. The van der Waals surface area contributed by atoms with E-state index in [4.69, 9.17) is 14.0 Å². The number of aliphatic imine (C=N–C) groups is 1. The number of halogens is 3. The molecular formula is C28H36F3N5O6. The summed E-state index contributed by atoms with van der Waals surface area (Å²) in [5, 5.41) is 15.5. The van der Waals surface area contributed by atoms with Crippen molar-refractivity contribution in [3.63, 3.8) is 0 Å². The molecule has 0 aliphatic carbocycles. The van der Waals surface area contributed by atoms with Crippen molar-refractivity contribution in [2.24, 2.45) is 4.99 Å². The van der Waals surface area contributed by atoms with Gasteiger partial charge in [-0.25, -0.2) is 9.59 Å². The van der Waals surface area contributed by atoms with Crippen LogP contribution in [-0.2, 0) is 10.9 Å². The lowest BCUT2D eigenvalue weighted by atomic mass is 10.1. The SMILES string of the molecule is CCCCC=CCCOc1ccc(-c2noc(C3CCCN3C(=NC(=O)O)NC(=O)OC(C)(C)C)n2)cc1C(F)(F)F. The molecule has 1 aromatic carbocycles. The Morgan fingerprint density at radius 2 is 1.98 bits per heavy atom. The highest BCUT2D eigenvalue weighted by Crippen LogP contribution is 2.39. The molecule has 2 amide bonds. The Balaban J connectivity index is 1.79. The summed E-state index contributed by atoms with van der Waals surface area (Å²) in [5.41, 5.74) is -1.76. The van der Waals surface area contributed by atoms with Crippen molar-refractivity contribution >= 4 is 18.1 Å². The third-order valence-electron chi connectivity index (χ3n) is 6.04. The van der Waals surface area contributed by atoms with Gasteiger partial charge >= 0.3 is 18.4 Å². The zero-order valence-corrected chi connectivity index (χ0v) is 24.0. The third-order valence-corrected chi connectivity index (χ3v) is 6.04. The van der Waals surface area contributed by atoms with Gasteiger partial charge in [0.25, 0.3) is 0 Å². The number of alkyl halides is 3. The number of rotatable bonds is 9. The maximum Gasteiger partial charge on any atom is 0.434 e. The van der Waals surface area contributed by atoms with Crippen LogP contribution in [0.2, 0.25) is 0 Å². The molecular weight excluding hydrogens is 559 g/mol. The van der Waals surface area contributed by atoms with E-state index >= 15 is 0 Å². The molecule has 230 valence electrons. The van der Waals surface area contributed by atoms with E-state index in [-0.39, 0.29) is 35.6 Å². The fourth-order valence-electron chi connectivity index (χ4n) is 4.23. The first-order valence-electron chi connectivity index (χ1n) is 13.7. The van der Waals surface area contributed by atoms with Crippen LogP contribution in [0.25, 0.3) is 11.4 Å². The largest absolute Gasteiger partial charge is 0.493 e. The van der Waals surface area contributed by atoms with Gasteiger partial charge in [-0.1, -0.05) is 37.1 Å². The van der Waals surface area contributed by atoms with Crippen molar-refractivity contribution in [3.05, 3.63) is 41.8 Å². The molecule has 3 rings (SSSR count). The highest BCUT2D eigenvalue weighted by molar-refractivity contribution is 5.98. The highest BCUT2D eigenvalue weighted by atomic mass is 19.4. The molecule has 14 heteroatoms. The summed E-state index contributed by atoms with van der Waals surface area (Å²) < 4.78 is 57.7. The van der Waals surface area contributed by atoms with Crippen molar-refractivity contribution in [2.45, 2.75) is 84.0 Å². The summed E-state index contributed by atoms with van der Waals surface area (Å²) in [6.07, 6.45) is 1.24. The number of ether oxygens (including phenoxy) is 2. The van der Waals surface area contributed by atoms with Gasteiger partial charge in [-0.3, -0.25) is 5.32 Å². The lowest BCUT2D eigenvalue weighted by molar-refractivity contribution is -0.138. The number of allylic oxidation sites excluding steroid dienone is 1. The minimum absolute atomic E-state index is 0.0234. The van der Waals surface area contributed by atoms with Crippen LogP contribution in [0.3, 0.4) is 0 Å². The van der Waals surface area contributed by atoms with Crippen LogP contribution < -0.4 is 10.1 Å². The Labute approximate surface area is 241 Å². The van der Waals surface area contributed by atoms with Crippen LogP contribution in [0.4, 0.5) is 22.8 Å². The average molecular weight is 596 g/mol. The second-order valence-corrected chi connectivity index (χ2v) is 10.6. The number of hydrogen-bond donors (Lipinski definition) is 2. The van der Waals surface area contributed by atoms with Crippen molar-refractivity contribution < 1.29 is 41.9 Å². The predicted octanol–water partition coefficient (Wildman–Crippen LogP) is 6.97. The summed E-state index contributed by atoms with van der Waals surface area (Å²) in [6, 6.07) is 2.84. The third kappa shape index (κ3) is 9.48. The summed E-state index contributed by atoms with van der Waals surface area (Å²) >= 11 is 0. The fourth-order valence-corrected chi connectivity index (χ4v) is 4.23. The van der Waals surface area contributed by atoms with Gasteiger partial charge in [0.15, 0.2) is 0 Å². The molecule has 0 bridgehead atoms. The zero-order valence-electron chi connectivity index (χ0n) is 24.0. The molecule has 0 saturated carbocycles. The maximum atomic E-state index is 13.9. The second-order valence-electron chi connectivity index (χ2n) is 10.6. The van der Waals surface area contributed by atoms with E-state index < -0.39 is 35.6 Å². The molecule has 1 aliphatic rings. The fraction of sp³-hybridized carbons (Fsp3) is 0.536. The Morgan fingerprint density at radius 3 is 2.64 bits per heavy atom. The number of benzene rings is 1. The minimum Gasteiger partial charge on any atom is -0.493 e. The first-order valence-corrected chi connectivity index (χ1v) is 13.7. The molecule has 1 unspecified atom stereocenters. The van der Waals surface area contributed by atoms with Crippen LogP contribution in [0, 0.1) is 0 Å². The van der Waals surface area contributed by atoms with Crippen LogP contribution in [0.5, 0.6) is 5.75 Å². The minimum atomic E-state index is -4.69. The number of unbranched alkanes of at least 4 members (excludes halogenated alkanes) is 2. The number of nitrogens with one attached hydrogen (secondary N) is 1. The van der Waals surface area contributed by atoms with E-state index in [1.807, 2.05) is 12.2 Å². The summed E-state index contributed by atoms with van der Waals surface area (Å²) in [5.74, 6) is -0.665. The van der Waals surface area contributed by atoms with Gasteiger partial charge in [0.1, 0.15) is 17.4 Å². The average Bonchev–Trinajstić information content (AvgIpc) is 3.56. The molecule has 1 atom stereocenters. The van der Waals surface area contributed by atoms with Gasteiger partial charge in [-0.05, 0) is 64.7 Å².